The lowest BCUT2D eigenvalue weighted by Gasteiger charge is -2.08. The van der Waals surface area contributed by atoms with Gasteiger partial charge in [-0.15, -0.1) is 0 Å². The minimum absolute atomic E-state index is 0.176. The Hall–Kier alpha value is -3.20. The average molecular weight is 396 g/mol. The van der Waals surface area contributed by atoms with Crippen LogP contribution in [0.2, 0.25) is 0 Å². The summed E-state index contributed by atoms with van der Waals surface area (Å²) in [6, 6.07) is 10.1. The molecule has 0 radical (unpaired) electrons. The van der Waals surface area contributed by atoms with E-state index in [1.165, 1.54) is 0 Å². The zero-order valence-corrected chi connectivity index (χ0v) is 16.8. The van der Waals surface area contributed by atoms with Crippen molar-refractivity contribution in [2.45, 2.75) is 18.7 Å². The van der Waals surface area contributed by atoms with Gasteiger partial charge in [0.25, 0.3) is 10.0 Å². The second-order valence-electron chi connectivity index (χ2n) is 6.61. The minimum Gasteiger partial charge on any atom is -0.272 e. The molecule has 1 aromatic carbocycles. The summed E-state index contributed by atoms with van der Waals surface area (Å²) in [5, 5.41) is 13.0. The molecule has 0 aliphatic carbocycles. The largest absolute Gasteiger partial charge is 0.283 e. The average Bonchev–Trinajstić information content (AvgIpc) is 3.36. The third kappa shape index (κ3) is 2.75. The molecule has 0 bridgehead atoms. The molecule has 0 spiro atoms. The molecule has 0 saturated heterocycles. The van der Waals surface area contributed by atoms with Gasteiger partial charge in [0, 0.05) is 36.6 Å². The maximum Gasteiger partial charge on any atom is 0.283 e. The Balaban J connectivity index is 1.99. The summed E-state index contributed by atoms with van der Waals surface area (Å²) in [6.07, 6.45) is 3.35. The fraction of sp³-hybridized carbons (Fsp3) is 0.211. The van der Waals surface area contributed by atoms with Crippen molar-refractivity contribution >= 4 is 10.0 Å². The van der Waals surface area contributed by atoms with Gasteiger partial charge in [0.2, 0.25) is 0 Å². The first-order chi connectivity index (χ1) is 13.3. The molecule has 144 valence electrons. The van der Waals surface area contributed by atoms with Crippen LogP contribution in [0.4, 0.5) is 0 Å². The van der Waals surface area contributed by atoms with Gasteiger partial charge >= 0.3 is 0 Å². The first kappa shape index (κ1) is 18.2. The number of benzene rings is 1. The van der Waals surface area contributed by atoms with Crippen LogP contribution in [-0.2, 0) is 24.1 Å². The van der Waals surface area contributed by atoms with Crippen LogP contribution < -0.4 is 0 Å². The van der Waals surface area contributed by atoms with Crippen LogP contribution in [0.25, 0.3) is 22.5 Å². The van der Waals surface area contributed by atoms with E-state index in [4.69, 9.17) is 0 Å². The van der Waals surface area contributed by atoms with Gasteiger partial charge in [-0.3, -0.25) is 9.36 Å². The molecule has 8 nitrogen and oxygen atoms in total. The zero-order valence-electron chi connectivity index (χ0n) is 16.0. The summed E-state index contributed by atoms with van der Waals surface area (Å²) < 4.78 is 31.2. The molecule has 0 amide bonds. The number of aryl methyl sites for hydroxylation is 2. The smallest absolute Gasteiger partial charge is 0.272 e. The van der Waals surface area contributed by atoms with Gasteiger partial charge in [-0.05, 0) is 32.0 Å². The van der Waals surface area contributed by atoms with Crippen LogP contribution in [0.5, 0.6) is 0 Å². The van der Waals surface area contributed by atoms with E-state index in [0.29, 0.717) is 17.0 Å². The lowest BCUT2D eigenvalue weighted by Crippen LogP contribution is -2.16. The number of rotatable bonds is 4. The van der Waals surface area contributed by atoms with E-state index in [2.05, 4.69) is 15.3 Å². The van der Waals surface area contributed by atoms with E-state index in [9.17, 15) is 8.42 Å². The molecular weight excluding hydrogens is 376 g/mol. The molecule has 28 heavy (non-hydrogen) atoms. The number of nitrogens with zero attached hydrogens (tertiary/aromatic N) is 6. The quantitative estimate of drug-likeness (QED) is 0.529. The van der Waals surface area contributed by atoms with E-state index >= 15 is 0 Å². The molecule has 0 fully saturated rings. The second-order valence-corrected chi connectivity index (χ2v) is 8.38. The van der Waals surface area contributed by atoms with Gasteiger partial charge in [0.05, 0.1) is 28.7 Å². The molecular formula is C19H20N6O2S. The summed E-state index contributed by atoms with van der Waals surface area (Å²) in [7, 11) is -0.224. The van der Waals surface area contributed by atoms with Gasteiger partial charge in [-0.1, -0.05) is 18.2 Å². The molecule has 3 heterocycles. The number of hydrogen-bond donors (Lipinski definition) is 0. The lowest BCUT2D eigenvalue weighted by molar-refractivity contribution is 0.581. The normalized spacial score (nSPS) is 11.9. The van der Waals surface area contributed by atoms with E-state index in [1.807, 2.05) is 27.9 Å². The second kappa shape index (κ2) is 6.45. The molecule has 0 aliphatic heterocycles. The van der Waals surface area contributed by atoms with Gasteiger partial charge in [0.1, 0.15) is 0 Å². The zero-order chi connectivity index (χ0) is 20.1. The Labute approximate surface area is 163 Å². The molecule has 0 unspecified atom stereocenters. The molecule has 4 rings (SSSR count). The molecule has 0 atom stereocenters. The third-order valence-corrected chi connectivity index (χ3v) is 6.57. The highest BCUT2D eigenvalue weighted by Crippen LogP contribution is 2.31. The van der Waals surface area contributed by atoms with Crippen molar-refractivity contribution in [1.82, 2.24) is 28.7 Å². The monoisotopic (exact) mass is 396 g/mol. The van der Waals surface area contributed by atoms with E-state index in [1.54, 1.807) is 58.2 Å². The van der Waals surface area contributed by atoms with Crippen LogP contribution in [0, 0.1) is 13.8 Å². The molecule has 3 aromatic heterocycles. The fourth-order valence-corrected chi connectivity index (χ4v) is 4.36. The Morgan fingerprint density at radius 3 is 1.96 bits per heavy atom. The van der Waals surface area contributed by atoms with Crippen molar-refractivity contribution in [3.63, 3.8) is 0 Å². The van der Waals surface area contributed by atoms with E-state index < -0.39 is 10.0 Å². The van der Waals surface area contributed by atoms with Crippen LogP contribution >= 0.6 is 0 Å². The van der Waals surface area contributed by atoms with Crippen LogP contribution in [-0.4, -0.2) is 37.2 Å². The summed E-state index contributed by atoms with van der Waals surface area (Å²) >= 11 is 0. The standard InChI is InChI=1S/C19H20N6O2S/c1-13-16(11-20-23(13)3)18-10-19(17-12-21-24(4)14(17)2)25(22-18)28(26,27)15-8-6-5-7-9-15/h5-12H,1-4H3. The van der Waals surface area contributed by atoms with Crippen LogP contribution in [0.15, 0.2) is 53.7 Å². The van der Waals surface area contributed by atoms with Crippen LogP contribution in [0.1, 0.15) is 11.4 Å². The molecule has 9 heteroatoms. The highest BCUT2D eigenvalue weighted by Gasteiger charge is 2.26. The predicted molar refractivity (Wildman–Crippen MR) is 105 cm³/mol. The van der Waals surface area contributed by atoms with Crippen molar-refractivity contribution in [1.29, 1.82) is 0 Å². The third-order valence-electron chi connectivity index (χ3n) is 4.97. The minimum atomic E-state index is -3.88. The van der Waals surface area contributed by atoms with Gasteiger partial charge < -0.3 is 0 Å². The summed E-state index contributed by atoms with van der Waals surface area (Å²) in [5.74, 6) is 0. The fourth-order valence-electron chi connectivity index (χ4n) is 3.05. The molecule has 0 saturated carbocycles. The van der Waals surface area contributed by atoms with Gasteiger partial charge in [-0.25, -0.2) is 0 Å². The summed E-state index contributed by atoms with van der Waals surface area (Å²) in [5.41, 5.74) is 4.25. The topological polar surface area (TPSA) is 87.6 Å². The van der Waals surface area contributed by atoms with E-state index in [0.717, 1.165) is 21.0 Å². The number of hydrogen-bond acceptors (Lipinski definition) is 5. The van der Waals surface area contributed by atoms with Crippen molar-refractivity contribution in [2.24, 2.45) is 14.1 Å². The highest BCUT2D eigenvalue weighted by atomic mass is 32.2. The first-order valence-electron chi connectivity index (χ1n) is 8.69. The van der Waals surface area contributed by atoms with Crippen molar-refractivity contribution in [3.8, 4) is 22.5 Å². The molecule has 0 N–H and O–H groups in total. The first-order valence-corrected chi connectivity index (χ1v) is 10.1. The summed E-state index contributed by atoms with van der Waals surface area (Å²) in [4.78, 5) is 0.176. The Kier molecular flexibility index (Phi) is 4.19. The Morgan fingerprint density at radius 1 is 0.857 bits per heavy atom. The van der Waals surface area contributed by atoms with Crippen LogP contribution in [0.3, 0.4) is 0 Å². The van der Waals surface area contributed by atoms with Crippen molar-refractivity contribution in [2.75, 3.05) is 0 Å². The van der Waals surface area contributed by atoms with Gasteiger partial charge in [-0.2, -0.15) is 27.8 Å². The Morgan fingerprint density at radius 2 is 1.43 bits per heavy atom. The predicted octanol–water partition coefficient (Wildman–Crippen LogP) is 2.54. The van der Waals surface area contributed by atoms with Crippen molar-refractivity contribution in [3.05, 3.63) is 60.2 Å². The summed E-state index contributed by atoms with van der Waals surface area (Å²) in [6.45, 7) is 3.81. The highest BCUT2D eigenvalue weighted by molar-refractivity contribution is 7.90. The Bertz CT molecular complexity index is 1270. The lowest BCUT2D eigenvalue weighted by atomic mass is 10.1. The van der Waals surface area contributed by atoms with Crippen molar-refractivity contribution < 1.29 is 8.42 Å². The van der Waals surface area contributed by atoms with Gasteiger partial charge in [0.15, 0.2) is 0 Å². The molecule has 4 aromatic rings. The molecule has 0 aliphatic rings. The maximum atomic E-state index is 13.3. The number of aromatic nitrogens is 6. The van der Waals surface area contributed by atoms with E-state index in [-0.39, 0.29) is 4.90 Å². The maximum absolute atomic E-state index is 13.3. The SMILES string of the molecule is Cc1c(-c2cc(-c3cnn(C)c3C)n(S(=O)(=O)c3ccccc3)n2)cnn1C.